The first kappa shape index (κ1) is 9.26. The van der Waals surface area contributed by atoms with Crippen molar-refractivity contribution in [2.24, 2.45) is 0 Å². The smallest absolute Gasteiger partial charge is 0.250 e. The van der Waals surface area contributed by atoms with Gasteiger partial charge in [-0.1, -0.05) is 11.6 Å². The van der Waals surface area contributed by atoms with Gasteiger partial charge in [-0.2, -0.15) is 0 Å². The molecule has 1 aromatic rings. The molecule has 0 fully saturated rings. The molecule has 1 heterocycles. The lowest BCUT2D eigenvalue weighted by atomic mass is 10.4. The molecule has 0 aliphatic heterocycles. The maximum absolute atomic E-state index is 12.9. The van der Waals surface area contributed by atoms with Gasteiger partial charge in [0.1, 0.15) is 0 Å². The minimum absolute atomic E-state index is 0.00519. The van der Waals surface area contributed by atoms with E-state index in [1.165, 1.54) is 12.3 Å². The Balaban J connectivity index is 2.86. The minimum atomic E-state index is -0.531. The molecule has 0 bridgehead atoms. The fourth-order valence-electron chi connectivity index (χ4n) is 0.712. The Labute approximate surface area is 75.3 Å². The highest BCUT2D eigenvalue weighted by Gasteiger charge is 2.06. The van der Waals surface area contributed by atoms with Gasteiger partial charge in [0.25, 0.3) is 5.88 Å². The Morgan fingerprint density at radius 3 is 2.75 bits per heavy atom. The van der Waals surface area contributed by atoms with Crippen LogP contribution in [0.4, 0.5) is 4.39 Å². The maximum atomic E-state index is 12.9. The number of nitrogens with zero attached hydrogens (tertiary/aromatic N) is 1. The third-order valence-electron chi connectivity index (χ3n) is 1.12. The predicted molar refractivity (Wildman–Crippen MR) is 45.0 cm³/mol. The van der Waals surface area contributed by atoms with Crippen LogP contribution in [0.25, 0.3) is 0 Å². The van der Waals surface area contributed by atoms with E-state index in [0.29, 0.717) is 0 Å². The van der Waals surface area contributed by atoms with E-state index in [4.69, 9.17) is 16.3 Å². The molecular weight excluding hydrogens is 181 g/mol. The number of hydrogen-bond donors (Lipinski definition) is 0. The molecule has 0 radical (unpaired) electrons. The van der Waals surface area contributed by atoms with Gasteiger partial charge >= 0.3 is 0 Å². The zero-order valence-electron chi connectivity index (χ0n) is 6.84. The lowest BCUT2D eigenvalue weighted by Gasteiger charge is -2.08. The van der Waals surface area contributed by atoms with Gasteiger partial charge in [0.2, 0.25) is 0 Å². The van der Waals surface area contributed by atoms with Crippen LogP contribution in [0.2, 0.25) is 5.02 Å². The molecule has 0 saturated heterocycles. The van der Waals surface area contributed by atoms with Crippen LogP contribution in [0, 0.1) is 5.82 Å². The van der Waals surface area contributed by atoms with Gasteiger partial charge in [-0.25, -0.2) is 9.37 Å². The Hall–Kier alpha value is -0.830. The molecule has 1 rings (SSSR count). The van der Waals surface area contributed by atoms with Gasteiger partial charge in [0, 0.05) is 6.20 Å². The third kappa shape index (κ3) is 2.34. The molecule has 4 heteroatoms. The SMILES string of the molecule is CC(C)Oc1ncc(Cl)cc1F. The molecule has 12 heavy (non-hydrogen) atoms. The first-order valence-electron chi connectivity index (χ1n) is 3.57. The lowest BCUT2D eigenvalue weighted by molar-refractivity contribution is 0.221. The molecule has 0 amide bonds. The molecule has 0 unspecified atom stereocenters. The summed E-state index contributed by atoms with van der Waals surface area (Å²) in [5.74, 6) is -0.536. The van der Waals surface area contributed by atoms with Crippen molar-refractivity contribution >= 4 is 11.6 Å². The molecule has 0 aromatic carbocycles. The van der Waals surface area contributed by atoms with Crippen molar-refractivity contribution < 1.29 is 9.13 Å². The van der Waals surface area contributed by atoms with Crippen molar-refractivity contribution in [2.45, 2.75) is 20.0 Å². The highest BCUT2D eigenvalue weighted by atomic mass is 35.5. The van der Waals surface area contributed by atoms with Crippen LogP contribution >= 0.6 is 11.6 Å². The second kappa shape index (κ2) is 3.72. The number of pyridine rings is 1. The monoisotopic (exact) mass is 189 g/mol. The van der Waals surface area contributed by atoms with Crippen LogP contribution in [0.15, 0.2) is 12.3 Å². The van der Waals surface area contributed by atoms with Crippen molar-refractivity contribution in [3.05, 3.63) is 23.1 Å². The number of hydrogen-bond acceptors (Lipinski definition) is 2. The van der Waals surface area contributed by atoms with Gasteiger partial charge < -0.3 is 4.74 Å². The summed E-state index contributed by atoms with van der Waals surface area (Å²) in [5, 5.41) is 0.267. The Morgan fingerprint density at radius 2 is 2.25 bits per heavy atom. The summed E-state index contributed by atoms with van der Waals surface area (Å²) in [5.41, 5.74) is 0. The van der Waals surface area contributed by atoms with Gasteiger partial charge in [-0.3, -0.25) is 0 Å². The fourth-order valence-corrected chi connectivity index (χ4v) is 0.857. The van der Waals surface area contributed by atoms with Crippen molar-refractivity contribution in [1.29, 1.82) is 0 Å². The van der Waals surface area contributed by atoms with E-state index in [1.54, 1.807) is 13.8 Å². The van der Waals surface area contributed by atoms with E-state index in [0.717, 1.165) is 0 Å². The molecule has 1 aromatic heterocycles. The van der Waals surface area contributed by atoms with Crippen molar-refractivity contribution in [3.63, 3.8) is 0 Å². The molecule has 0 atom stereocenters. The molecule has 0 N–H and O–H groups in total. The summed E-state index contributed by atoms with van der Waals surface area (Å²) in [6, 6.07) is 1.17. The Bertz CT molecular complexity index is 278. The predicted octanol–water partition coefficient (Wildman–Crippen LogP) is 2.66. The lowest BCUT2D eigenvalue weighted by Crippen LogP contribution is -2.08. The van der Waals surface area contributed by atoms with Gasteiger partial charge in [0.15, 0.2) is 5.82 Å². The van der Waals surface area contributed by atoms with E-state index >= 15 is 0 Å². The first-order chi connectivity index (χ1) is 5.59. The van der Waals surface area contributed by atoms with Crippen molar-refractivity contribution in [3.8, 4) is 5.88 Å². The zero-order chi connectivity index (χ0) is 9.14. The quantitative estimate of drug-likeness (QED) is 0.714. The molecule has 0 aliphatic rings. The standard InChI is InChI=1S/C8H9ClFNO/c1-5(2)12-8-7(10)3-6(9)4-11-8/h3-5H,1-2H3. The number of ether oxygens (including phenoxy) is 1. The van der Waals surface area contributed by atoms with Gasteiger partial charge in [-0.05, 0) is 19.9 Å². The maximum Gasteiger partial charge on any atom is 0.250 e. The van der Waals surface area contributed by atoms with Crippen LogP contribution in [0.1, 0.15) is 13.8 Å². The van der Waals surface area contributed by atoms with E-state index in [9.17, 15) is 4.39 Å². The minimum Gasteiger partial charge on any atom is -0.473 e. The van der Waals surface area contributed by atoms with E-state index < -0.39 is 5.82 Å². The van der Waals surface area contributed by atoms with Gasteiger partial charge in [-0.15, -0.1) is 0 Å². The zero-order valence-corrected chi connectivity index (χ0v) is 7.60. The summed E-state index contributed by atoms with van der Waals surface area (Å²) in [6.45, 7) is 3.60. The number of rotatable bonds is 2. The normalized spacial score (nSPS) is 10.4. The van der Waals surface area contributed by atoms with Crippen LogP contribution < -0.4 is 4.74 Å². The third-order valence-corrected chi connectivity index (χ3v) is 1.33. The van der Waals surface area contributed by atoms with Crippen LogP contribution in [-0.4, -0.2) is 11.1 Å². The Kier molecular flexibility index (Phi) is 2.87. The molecule has 2 nitrogen and oxygen atoms in total. The summed E-state index contributed by atoms with van der Waals surface area (Å²) in [4.78, 5) is 3.69. The fraction of sp³-hybridized carbons (Fsp3) is 0.375. The van der Waals surface area contributed by atoms with Crippen LogP contribution in [0.5, 0.6) is 5.88 Å². The topological polar surface area (TPSA) is 22.1 Å². The number of aromatic nitrogens is 1. The number of halogens is 2. The molecule has 0 spiro atoms. The summed E-state index contributed by atoms with van der Waals surface area (Å²) in [6.07, 6.45) is 1.26. The molecule has 0 aliphatic carbocycles. The first-order valence-corrected chi connectivity index (χ1v) is 3.95. The van der Waals surface area contributed by atoms with Gasteiger partial charge in [0.05, 0.1) is 11.1 Å². The average molecular weight is 190 g/mol. The average Bonchev–Trinajstić information content (AvgIpc) is 1.94. The molecule has 66 valence electrons. The van der Waals surface area contributed by atoms with E-state index in [1.807, 2.05) is 0 Å². The highest BCUT2D eigenvalue weighted by molar-refractivity contribution is 6.30. The van der Waals surface area contributed by atoms with E-state index in [2.05, 4.69) is 4.98 Å². The second-order valence-electron chi connectivity index (χ2n) is 2.61. The molecular formula is C8H9ClFNO. The Morgan fingerprint density at radius 1 is 1.58 bits per heavy atom. The van der Waals surface area contributed by atoms with Crippen molar-refractivity contribution in [1.82, 2.24) is 4.98 Å². The summed E-state index contributed by atoms with van der Waals surface area (Å²) in [7, 11) is 0. The highest BCUT2D eigenvalue weighted by Crippen LogP contribution is 2.18. The summed E-state index contributed by atoms with van der Waals surface area (Å²) >= 11 is 5.50. The van der Waals surface area contributed by atoms with E-state index in [-0.39, 0.29) is 17.0 Å². The van der Waals surface area contributed by atoms with Crippen LogP contribution in [-0.2, 0) is 0 Å². The largest absolute Gasteiger partial charge is 0.473 e. The van der Waals surface area contributed by atoms with Crippen molar-refractivity contribution in [2.75, 3.05) is 0 Å². The van der Waals surface area contributed by atoms with Crippen LogP contribution in [0.3, 0.4) is 0 Å². The molecule has 0 saturated carbocycles. The summed E-state index contributed by atoms with van der Waals surface area (Å²) < 4.78 is 18.0. The second-order valence-corrected chi connectivity index (χ2v) is 3.04.